The summed E-state index contributed by atoms with van der Waals surface area (Å²) in [6.07, 6.45) is 0.986. The van der Waals surface area contributed by atoms with Crippen LogP contribution in [0.25, 0.3) is 0 Å². The molecule has 1 atom stereocenters. The minimum absolute atomic E-state index is 0.188. The standard InChI is InChI=1S/C17H18FNO/c1-12(19-11-13-3-2-4-16(18)9-13)14-5-6-17-15(10-14)7-8-20-17/h2-6,9-10,12,19H,7-8,11H2,1H3. The van der Waals surface area contributed by atoms with Crippen molar-refractivity contribution in [1.82, 2.24) is 5.32 Å². The normalized spacial score (nSPS) is 14.7. The molecule has 1 aliphatic rings. The van der Waals surface area contributed by atoms with Gasteiger partial charge in [0.1, 0.15) is 11.6 Å². The van der Waals surface area contributed by atoms with E-state index < -0.39 is 0 Å². The zero-order valence-corrected chi connectivity index (χ0v) is 11.5. The van der Waals surface area contributed by atoms with Crippen LogP contribution in [0.2, 0.25) is 0 Å². The van der Waals surface area contributed by atoms with Crippen molar-refractivity contribution < 1.29 is 9.13 Å². The number of hydrogen-bond donors (Lipinski definition) is 1. The Kier molecular flexibility index (Phi) is 3.70. The number of ether oxygens (including phenoxy) is 1. The van der Waals surface area contributed by atoms with Crippen molar-refractivity contribution >= 4 is 0 Å². The van der Waals surface area contributed by atoms with Crippen LogP contribution in [0.15, 0.2) is 42.5 Å². The number of halogens is 1. The molecule has 0 radical (unpaired) electrons. The molecule has 3 rings (SSSR count). The molecule has 2 aromatic carbocycles. The highest BCUT2D eigenvalue weighted by molar-refractivity contribution is 5.40. The van der Waals surface area contributed by atoms with E-state index in [1.54, 1.807) is 12.1 Å². The molecular weight excluding hydrogens is 253 g/mol. The Morgan fingerprint density at radius 1 is 1.25 bits per heavy atom. The van der Waals surface area contributed by atoms with E-state index in [4.69, 9.17) is 4.74 Å². The van der Waals surface area contributed by atoms with Gasteiger partial charge < -0.3 is 10.1 Å². The Labute approximate surface area is 118 Å². The molecule has 0 fully saturated rings. The average Bonchev–Trinajstić information content (AvgIpc) is 2.92. The average molecular weight is 271 g/mol. The summed E-state index contributed by atoms with van der Waals surface area (Å²) in [7, 11) is 0. The molecule has 2 aromatic rings. The van der Waals surface area contributed by atoms with Gasteiger partial charge in [0, 0.05) is 19.0 Å². The first kappa shape index (κ1) is 13.1. The topological polar surface area (TPSA) is 21.3 Å². The zero-order valence-electron chi connectivity index (χ0n) is 11.5. The quantitative estimate of drug-likeness (QED) is 0.917. The summed E-state index contributed by atoms with van der Waals surface area (Å²) in [4.78, 5) is 0. The van der Waals surface area contributed by atoms with Gasteiger partial charge >= 0.3 is 0 Å². The van der Waals surface area contributed by atoms with E-state index in [0.717, 1.165) is 24.3 Å². The third kappa shape index (κ3) is 2.83. The Balaban J connectivity index is 1.66. The molecule has 0 amide bonds. The minimum atomic E-state index is -0.188. The van der Waals surface area contributed by atoms with E-state index >= 15 is 0 Å². The lowest BCUT2D eigenvalue weighted by molar-refractivity contribution is 0.356. The van der Waals surface area contributed by atoms with Gasteiger partial charge in [0.25, 0.3) is 0 Å². The third-order valence-corrected chi connectivity index (χ3v) is 3.71. The van der Waals surface area contributed by atoms with Gasteiger partial charge in [-0.3, -0.25) is 0 Å². The summed E-state index contributed by atoms with van der Waals surface area (Å²) in [5.74, 6) is 0.817. The smallest absolute Gasteiger partial charge is 0.123 e. The van der Waals surface area contributed by atoms with Crippen LogP contribution in [0, 0.1) is 5.82 Å². The van der Waals surface area contributed by atoms with Gasteiger partial charge in [-0.1, -0.05) is 24.3 Å². The van der Waals surface area contributed by atoms with E-state index in [1.807, 2.05) is 12.1 Å². The molecule has 0 spiro atoms. The molecule has 0 bridgehead atoms. The maximum atomic E-state index is 13.1. The summed E-state index contributed by atoms with van der Waals surface area (Å²) < 4.78 is 18.6. The zero-order chi connectivity index (χ0) is 13.9. The summed E-state index contributed by atoms with van der Waals surface area (Å²) in [6, 6.07) is 13.3. The Bertz CT molecular complexity index is 612. The predicted octanol–water partition coefficient (Wildman–Crippen LogP) is 3.61. The summed E-state index contributed by atoms with van der Waals surface area (Å²) in [5.41, 5.74) is 3.48. The number of benzene rings is 2. The van der Waals surface area contributed by atoms with Gasteiger partial charge in [-0.25, -0.2) is 4.39 Å². The van der Waals surface area contributed by atoms with Crippen LogP contribution in [0.4, 0.5) is 4.39 Å². The van der Waals surface area contributed by atoms with Crippen molar-refractivity contribution in [3.05, 3.63) is 65.0 Å². The van der Waals surface area contributed by atoms with Crippen LogP contribution < -0.4 is 10.1 Å². The van der Waals surface area contributed by atoms with E-state index in [2.05, 4.69) is 24.4 Å². The van der Waals surface area contributed by atoms with Crippen LogP contribution in [0.1, 0.15) is 29.7 Å². The molecule has 0 saturated carbocycles. The molecular formula is C17H18FNO. The van der Waals surface area contributed by atoms with Gasteiger partial charge in [0.2, 0.25) is 0 Å². The highest BCUT2D eigenvalue weighted by atomic mass is 19.1. The SMILES string of the molecule is CC(NCc1cccc(F)c1)c1ccc2c(c1)CCO2. The Hall–Kier alpha value is -1.87. The molecule has 1 aliphatic heterocycles. The molecule has 0 aromatic heterocycles. The summed E-state index contributed by atoms with van der Waals surface area (Å²) >= 11 is 0. The predicted molar refractivity (Wildman–Crippen MR) is 77.3 cm³/mol. The van der Waals surface area contributed by atoms with Crippen LogP contribution in [-0.2, 0) is 13.0 Å². The second kappa shape index (κ2) is 5.63. The second-order valence-electron chi connectivity index (χ2n) is 5.20. The van der Waals surface area contributed by atoms with E-state index in [1.165, 1.54) is 17.2 Å². The van der Waals surface area contributed by atoms with Crippen molar-refractivity contribution in [1.29, 1.82) is 0 Å². The first-order chi connectivity index (χ1) is 9.72. The van der Waals surface area contributed by atoms with Crippen molar-refractivity contribution in [3.63, 3.8) is 0 Å². The van der Waals surface area contributed by atoms with E-state index in [9.17, 15) is 4.39 Å². The second-order valence-corrected chi connectivity index (χ2v) is 5.20. The molecule has 20 heavy (non-hydrogen) atoms. The van der Waals surface area contributed by atoms with Crippen molar-refractivity contribution in [2.45, 2.75) is 25.9 Å². The molecule has 1 unspecified atom stereocenters. The largest absolute Gasteiger partial charge is 0.493 e. The van der Waals surface area contributed by atoms with Crippen LogP contribution in [0.5, 0.6) is 5.75 Å². The molecule has 0 saturated heterocycles. The Morgan fingerprint density at radius 3 is 3.00 bits per heavy atom. The fourth-order valence-electron chi connectivity index (χ4n) is 2.51. The number of hydrogen-bond acceptors (Lipinski definition) is 2. The molecule has 1 N–H and O–H groups in total. The number of rotatable bonds is 4. The number of nitrogens with one attached hydrogen (secondary N) is 1. The van der Waals surface area contributed by atoms with Crippen molar-refractivity contribution in [2.75, 3.05) is 6.61 Å². The highest BCUT2D eigenvalue weighted by Crippen LogP contribution is 2.28. The van der Waals surface area contributed by atoms with Crippen LogP contribution in [-0.4, -0.2) is 6.61 Å². The highest BCUT2D eigenvalue weighted by Gasteiger charge is 2.14. The van der Waals surface area contributed by atoms with Crippen LogP contribution >= 0.6 is 0 Å². The van der Waals surface area contributed by atoms with Crippen LogP contribution in [0.3, 0.4) is 0 Å². The lowest BCUT2D eigenvalue weighted by Crippen LogP contribution is -2.18. The lowest BCUT2D eigenvalue weighted by atomic mass is 10.0. The molecule has 0 aliphatic carbocycles. The first-order valence-electron chi connectivity index (χ1n) is 6.96. The van der Waals surface area contributed by atoms with Gasteiger partial charge in [-0.15, -0.1) is 0 Å². The van der Waals surface area contributed by atoms with E-state index in [-0.39, 0.29) is 11.9 Å². The first-order valence-corrected chi connectivity index (χ1v) is 6.96. The van der Waals surface area contributed by atoms with E-state index in [0.29, 0.717) is 6.54 Å². The van der Waals surface area contributed by atoms with Gasteiger partial charge in [-0.2, -0.15) is 0 Å². The molecule has 1 heterocycles. The molecule has 2 nitrogen and oxygen atoms in total. The Morgan fingerprint density at radius 2 is 2.15 bits per heavy atom. The maximum Gasteiger partial charge on any atom is 0.123 e. The van der Waals surface area contributed by atoms with Gasteiger partial charge in [-0.05, 0) is 41.8 Å². The van der Waals surface area contributed by atoms with Gasteiger partial charge in [0.15, 0.2) is 0 Å². The third-order valence-electron chi connectivity index (χ3n) is 3.71. The summed E-state index contributed by atoms with van der Waals surface area (Å²) in [5, 5.41) is 3.43. The fraction of sp³-hybridized carbons (Fsp3) is 0.294. The van der Waals surface area contributed by atoms with Crippen molar-refractivity contribution in [3.8, 4) is 5.75 Å². The van der Waals surface area contributed by atoms with Gasteiger partial charge in [0.05, 0.1) is 6.61 Å². The molecule has 104 valence electrons. The number of fused-ring (bicyclic) bond motifs is 1. The van der Waals surface area contributed by atoms with Crippen molar-refractivity contribution in [2.24, 2.45) is 0 Å². The monoisotopic (exact) mass is 271 g/mol. The molecule has 3 heteroatoms. The maximum absolute atomic E-state index is 13.1. The minimum Gasteiger partial charge on any atom is -0.493 e. The lowest BCUT2D eigenvalue weighted by Gasteiger charge is -2.15. The summed E-state index contributed by atoms with van der Waals surface area (Å²) in [6.45, 7) is 3.56. The fourth-order valence-corrected chi connectivity index (χ4v) is 2.51.